The molecule has 6 nitrogen and oxygen atoms in total. The van der Waals surface area contributed by atoms with E-state index in [1.54, 1.807) is 18.2 Å². The zero-order valence-corrected chi connectivity index (χ0v) is 16.4. The van der Waals surface area contributed by atoms with Gasteiger partial charge in [-0.3, -0.25) is 0 Å². The lowest BCUT2D eigenvalue weighted by atomic mass is 10.2. The van der Waals surface area contributed by atoms with Gasteiger partial charge in [-0.2, -0.15) is 5.10 Å². The van der Waals surface area contributed by atoms with Crippen LogP contribution in [0.25, 0.3) is 11.3 Å². The maximum Gasteiger partial charge on any atom is 0.573 e. The van der Waals surface area contributed by atoms with Crippen LogP contribution in [0.3, 0.4) is 0 Å². The minimum absolute atomic E-state index is 0.157. The maximum atomic E-state index is 12.4. The molecule has 29 heavy (non-hydrogen) atoms. The smallest absolute Gasteiger partial charge is 0.455 e. The first kappa shape index (κ1) is 21.1. The van der Waals surface area contributed by atoms with Crippen LogP contribution in [0.2, 0.25) is 0 Å². The molecule has 2 N–H and O–H groups in total. The molecular weight excluding hydrogens is 405 g/mol. The summed E-state index contributed by atoms with van der Waals surface area (Å²) >= 11 is 5.05. The van der Waals surface area contributed by atoms with E-state index in [9.17, 15) is 13.2 Å². The summed E-state index contributed by atoms with van der Waals surface area (Å²) in [6, 6.07) is 8.87. The van der Waals surface area contributed by atoms with Gasteiger partial charge in [-0.15, -0.1) is 13.2 Å². The van der Waals surface area contributed by atoms with Gasteiger partial charge in [-0.05, 0) is 62.4 Å². The van der Waals surface area contributed by atoms with Gasteiger partial charge in [0.2, 0.25) is 0 Å². The van der Waals surface area contributed by atoms with Crippen LogP contribution in [0.15, 0.2) is 45.9 Å². The summed E-state index contributed by atoms with van der Waals surface area (Å²) in [5.74, 6) is 0.491. The molecule has 2 aromatic rings. The van der Waals surface area contributed by atoms with E-state index in [-0.39, 0.29) is 10.9 Å². The van der Waals surface area contributed by atoms with E-state index >= 15 is 0 Å². The standard InChI is InChI=1S/C19H21F3N4O2S/c20-19(21,22)28-15-5-3-4-14(12-15)17-7-6-16(27-17)13-24-26(18(23)29)11-10-25-8-1-2-9-25/h3-7,12-13H,1-2,8-11H2,(H2,23,29)/b24-13+. The molecule has 0 bridgehead atoms. The molecule has 0 spiro atoms. The van der Waals surface area contributed by atoms with Crippen LogP contribution in [0.4, 0.5) is 13.2 Å². The van der Waals surface area contributed by atoms with E-state index in [0.29, 0.717) is 23.6 Å². The largest absolute Gasteiger partial charge is 0.573 e. The highest BCUT2D eigenvalue weighted by atomic mass is 32.1. The molecule has 0 amide bonds. The van der Waals surface area contributed by atoms with Crippen LogP contribution < -0.4 is 10.5 Å². The predicted molar refractivity (Wildman–Crippen MR) is 108 cm³/mol. The second kappa shape index (κ2) is 9.27. The fourth-order valence-electron chi connectivity index (χ4n) is 3.02. The Morgan fingerprint density at radius 3 is 2.72 bits per heavy atom. The first-order chi connectivity index (χ1) is 13.8. The van der Waals surface area contributed by atoms with Gasteiger partial charge in [0.25, 0.3) is 0 Å². The highest BCUT2D eigenvalue weighted by molar-refractivity contribution is 7.80. The number of rotatable bonds is 7. The Morgan fingerprint density at radius 2 is 2.03 bits per heavy atom. The summed E-state index contributed by atoms with van der Waals surface area (Å²) < 4.78 is 46.8. The molecule has 10 heteroatoms. The number of thiocarbonyl (C=S) groups is 1. The number of ether oxygens (including phenoxy) is 1. The Morgan fingerprint density at radius 1 is 1.28 bits per heavy atom. The molecule has 2 heterocycles. The zero-order valence-electron chi connectivity index (χ0n) is 15.6. The van der Waals surface area contributed by atoms with Crippen molar-refractivity contribution in [3.8, 4) is 17.1 Å². The van der Waals surface area contributed by atoms with E-state index < -0.39 is 6.36 Å². The highest BCUT2D eigenvalue weighted by Crippen LogP contribution is 2.28. The summed E-state index contributed by atoms with van der Waals surface area (Å²) in [6.07, 6.45) is -0.886. The predicted octanol–water partition coefficient (Wildman–Crippen LogP) is 3.82. The normalized spacial score (nSPS) is 15.1. The highest BCUT2D eigenvalue weighted by Gasteiger charge is 2.31. The molecule has 1 fully saturated rings. The van der Waals surface area contributed by atoms with Crippen molar-refractivity contribution in [1.82, 2.24) is 9.91 Å². The maximum absolute atomic E-state index is 12.4. The number of hydrogen-bond acceptors (Lipinski definition) is 5. The molecule has 1 aliphatic heterocycles. The fraction of sp³-hybridized carbons (Fsp3) is 0.368. The number of halogens is 3. The minimum atomic E-state index is -4.75. The Hall–Kier alpha value is -2.59. The lowest BCUT2D eigenvalue weighted by Gasteiger charge is -2.20. The average molecular weight is 426 g/mol. The number of hydrogen-bond donors (Lipinski definition) is 1. The molecule has 0 saturated carbocycles. The SMILES string of the molecule is NC(=S)N(CCN1CCCC1)/N=C/c1ccc(-c2cccc(OC(F)(F)F)c2)o1. The van der Waals surface area contributed by atoms with Gasteiger partial charge in [-0.25, -0.2) is 5.01 Å². The number of benzene rings is 1. The van der Waals surface area contributed by atoms with Crippen LogP contribution in [-0.2, 0) is 0 Å². The number of alkyl halides is 3. The summed E-state index contributed by atoms with van der Waals surface area (Å²) in [6.45, 7) is 3.50. The van der Waals surface area contributed by atoms with Crippen molar-refractivity contribution in [3.63, 3.8) is 0 Å². The van der Waals surface area contributed by atoms with Crippen molar-refractivity contribution in [2.45, 2.75) is 19.2 Å². The molecule has 3 rings (SSSR count). The van der Waals surface area contributed by atoms with Gasteiger partial charge in [0, 0.05) is 12.1 Å². The second-order valence-corrected chi connectivity index (χ2v) is 6.95. The quantitative estimate of drug-likeness (QED) is 0.413. The van der Waals surface area contributed by atoms with E-state index in [4.69, 9.17) is 22.4 Å². The monoisotopic (exact) mass is 426 g/mol. The molecule has 0 atom stereocenters. The van der Waals surface area contributed by atoms with Crippen LogP contribution in [0, 0.1) is 0 Å². The second-order valence-electron chi connectivity index (χ2n) is 6.53. The van der Waals surface area contributed by atoms with Gasteiger partial charge < -0.3 is 19.8 Å². The molecule has 1 saturated heterocycles. The molecular formula is C19H21F3N4O2S. The van der Waals surface area contributed by atoms with Gasteiger partial charge in [-0.1, -0.05) is 12.1 Å². The molecule has 0 aliphatic carbocycles. The molecule has 0 radical (unpaired) electrons. The summed E-state index contributed by atoms with van der Waals surface area (Å²) in [5, 5.41) is 5.95. The number of nitrogens with two attached hydrogens (primary N) is 1. The Labute approximate surface area is 171 Å². The van der Waals surface area contributed by atoms with Crippen molar-refractivity contribution in [1.29, 1.82) is 0 Å². The molecule has 0 unspecified atom stereocenters. The summed E-state index contributed by atoms with van der Waals surface area (Å²) in [7, 11) is 0. The van der Waals surface area contributed by atoms with E-state index in [1.807, 2.05) is 0 Å². The van der Waals surface area contributed by atoms with Gasteiger partial charge >= 0.3 is 6.36 Å². The molecule has 1 aromatic carbocycles. The van der Waals surface area contributed by atoms with Crippen molar-refractivity contribution in [3.05, 3.63) is 42.2 Å². The van der Waals surface area contributed by atoms with Crippen molar-refractivity contribution in [2.24, 2.45) is 10.8 Å². The van der Waals surface area contributed by atoms with E-state index in [1.165, 1.54) is 42.3 Å². The van der Waals surface area contributed by atoms with Crippen LogP contribution in [0.1, 0.15) is 18.6 Å². The van der Waals surface area contributed by atoms with E-state index in [2.05, 4.69) is 14.7 Å². The van der Waals surface area contributed by atoms with E-state index in [0.717, 1.165) is 19.6 Å². The lowest BCUT2D eigenvalue weighted by molar-refractivity contribution is -0.274. The first-order valence-corrected chi connectivity index (χ1v) is 9.50. The Bertz CT molecular complexity index is 863. The number of furan rings is 1. The third-order valence-electron chi connectivity index (χ3n) is 4.38. The Kier molecular flexibility index (Phi) is 6.75. The Balaban J connectivity index is 1.65. The first-order valence-electron chi connectivity index (χ1n) is 9.09. The third kappa shape index (κ3) is 6.47. The molecule has 156 valence electrons. The molecule has 1 aliphatic rings. The number of likely N-dealkylation sites (tertiary alicyclic amines) is 1. The zero-order chi connectivity index (χ0) is 20.9. The van der Waals surface area contributed by atoms with Crippen molar-refractivity contribution in [2.75, 3.05) is 26.2 Å². The third-order valence-corrected chi connectivity index (χ3v) is 4.60. The minimum Gasteiger partial charge on any atom is -0.455 e. The lowest BCUT2D eigenvalue weighted by Crippen LogP contribution is -2.37. The summed E-state index contributed by atoms with van der Waals surface area (Å²) in [4.78, 5) is 2.32. The number of nitrogens with zero attached hydrogens (tertiary/aromatic N) is 3. The fourth-order valence-corrected chi connectivity index (χ4v) is 3.16. The van der Waals surface area contributed by atoms with Gasteiger partial charge in [0.15, 0.2) is 5.11 Å². The van der Waals surface area contributed by atoms with Gasteiger partial charge in [0.1, 0.15) is 17.3 Å². The van der Waals surface area contributed by atoms with Gasteiger partial charge in [0.05, 0.1) is 12.8 Å². The van der Waals surface area contributed by atoms with Crippen LogP contribution in [-0.4, -0.2) is 53.8 Å². The van der Waals surface area contributed by atoms with Crippen LogP contribution >= 0.6 is 12.2 Å². The molecule has 1 aromatic heterocycles. The van der Waals surface area contributed by atoms with Crippen LogP contribution in [0.5, 0.6) is 5.75 Å². The average Bonchev–Trinajstić information content (AvgIpc) is 3.32. The topological polar surface area (TPSA) is 67.2 Å². The number of hydrazone groups is 1. The van der Waals surface area contributed by atoms with Crippen molar-refractivity contribution >= 4 is 23.5 Å². The summed E-state index contributed by atoms with van der Waals surface area (Å²) in [5.41, 5.74) is 6.19. The van der Waals surface area contributed by atoms with Crippen molar-refractivity contribution < 1.29 is 22.3 Å².